The third-order valence-corrected chi connectivity index (χ3v) is 2.56. The Hall–Kier alpha value is -0.220. The highest BCUT2D eigenvalue weighted by Crippen LogP contribution is 2.08. The van der Waals surface area contributed by atoms with E-state index in [0.29, 0.717) is 5.75 Å². The second-order valence-electron chi connectivity index (χ2n) is 2.68. The Labute approximate surface area is 77.2 Å². The standard InChI is InChI=1S/C8H16O3S/c1-2-3-4-12-6-7(9)5-8(10)11/h7,9H,2-6H2,1H3,(H,10,11). The second-order valence-corrected chi connectivity index (χ2v) is 3.83. The molecule has 0 rings (SSSR count). The zero-order valence-corrected chi connectivity index (χ0v) is 8.14. The highest BCUT2D eigenvalue weighted by atomic mass is 32.2. The van der Waals surface area contributed by atoms with Crippen LogP contribution < -0.4 is 0 Å². The van der Waals surface area contributed by atoms with Gasteiger partial charge in [-0.25, -0.2) is 0 Å². The summed E-state index contributed by atoms with van der Waals surface area (Å²) in [5, 5.41) is 17.4. The Bertz CT molecular complexity index is 127. The van der Waals surface area contributed by atoms with E-state index in [0.717, 1.165) is 18.6 Å². The summed E-state index contributed by atoms with van der Waals surface area (Å²) in [5.41, 5.74) is 0. The Morgan fingerprint density at radius 1 is 1.58 bits per heavy atom. The van der Waals surface area contributed by atoms with Crippen LogP contribution in [0.3, 0.4) is 0 Å². The summed E-state index contributed by atoms with van der Waals surface area (Å²) in [7, 11) is 0. The van der Waals surface area contributed by atoms with Crippen molar-refractivity contribution in [1.29, 1.82) is 0 Å². The fraction of sp³-hybridized carbons (Fsp3) is 0.875. The number of hydrogen-bond donors (Lipinski definition) is 2. The van der Waals surface area contributed by atoms with Crippen molar-refractivity contribution in [2.75, 3.05) is 11.5 Å². The molecule has 0 aliphatic carbocycles. The van der Waals surface area contributed by atoms with Crippen molar-refractivity contribution < 1.29 is 15.0 Å². The van der Waals surface area contributed by atoms with Crippen molar-refractivity contribution >= 4 is 17.7 Å². The summed E-state index contributed by atoms with van der Waals surface area (Å²) in [5.74, 6) is 0.609. The van der Waals surface area contributed by atoms with Gasteiger partial charge in [0.2, 0.25) is 0 Å². The van der Waals surface area contributed by atoms with Gasteiger partial charge in [0, 0.05) is 5.75 Å². The number of aliphatic hydroxyl groups excluding tert-OH is 1. The van der Waals surface area contributed by atoms with Gasteiger partial charge >= 0.3 is 5.97 Å². The molecule has 0 spiro atoms. The van der Waals surface area contributed by atoms with Gasteiger partial charge in [-0.2, -0.15) is 11.8 Å². The number of carboxylic acid groups (broad SMARTS) is 1. The number of aliphatic carboxylic acids is 1. The van der Waals surface area contributed by atoms with Crippen LogP contribution in [-0.4, -0.2) is 33.8 Å². The minimum absolute atomic E-state index is 0.140. The topological polar surface area (TPSA) is 57.5 Å². The Balaban J connectivity index is 3.19. The van der Waals surface area contributed by atoms with Gasteiger partial charge in [0.25, 0.3) is 0 Å². The molecule has 0 aromatic rings. The van der Waals surface area contributed by atoms with Crippen molar-refractivity contribution in [2.24, 2.45) is 0 Å². The van der Waals surface area contributed by atoms with E-state index in [1.165, 1.54) is 0 Å². The maximum absolute atomic E-state index is 10.1. The summed E-state index contributed by atoms with van der Waals surface area (Å²) in [4.78, 5) is 10.1. The molecule has 0 fully saturated rings. The van der Waals surface area contributed by atoms with Crippen LogP contribution in [0.2, 0.25) is 0 Å². The molecule has 2 N–H and O–H groups in total. The van der Waals surface area contributed by atoms with Crippen LogP contribution in [0, 0.1) is 0 Å². The number of aliphatic hydroxyl groups is 1. The van der Waals surface area contributed by atoms with Crippen molar-refractivity contribution in [3.63, 3.8) is 0 Å². The van der Waals surface area contributed by atoms with Gasteiger partial charge in [-0.3, -0.25) is 4.79 Å². The fourth-order valence-electron chi connectivity index (χ4n) is 0.726. The van der Waals surface area contributed by atoms with Crippen LogP contribution in [-0.2, 0) is 4.79 Å². The molecule has 12 heavy (non-hydrogen) atoms. The lowest BCUT2D eigenvalue weighted by atomic mass is 10.3. The van der Waals surface area contributed by atoms with Crippen molar-refractivity contribution in [3.8, 4) is 0 Å². The first-order chi connectivity index (χ1) is 5.66. The van der Waals surface area contributed by atoms with E-state index in [2.05, 4.69) is 6.92 Å². The van der Waals surface area contributed by atoms with Crippen LogP contribution in [0.1, 0.15) is 26.2 Å². The van der Waals surface area contributed by atoms with Crippen molar-refractivity contribution in [3.05, 3.63) is 0 Å². The molecule has 0 amide bonds. The third kappa shape index (κ3) is 7.88. The predicted octanol–water partition coefficient (Wildman–Crippen LogP) is 1.36. The van der Waals surface area contributed by atoms with Crippen molar-refractivity contribution in [1.82, 2.24) is 0 Å². The van der Waals surface area contributed by atoms with E-state index < -0.39 is 12.1 Å². The number of hydrogen-bond acceptors (Lipinski definition) is 3. The quantitative estimate of drug-likeness (QED) is 0.598. The highest BCUT2D eigenvalue weighted by Gasteiger charge is 2.08. The molecule has 3 nitrogen and oxygen atoms in total. The van der Waals surface area contributed by atoms with Crippen LogP contribution in [0.5, 0.6) is 0 Å². The first kappa shape index (κ1) is 11.8. The summed E-state index contributed by atoms with van der Waals surface area (Å²) in [6, 6.07) is 0. The van der Waals surface area contributed by atoms with Gasteiger partial charge in [-0.15, -0.1) is 0 Å². The van der Waals surface area contributed by atoms with E-state index in [-0.39, 0.29) is 6.42 Å². The molecule has 4 heteroatoms. The molecule has 0 aromatic heterocycles. The minimum Gasteiger partial charge on any atom is -0.481 e. The Morgan fingerprint density at radius 2 is 2.25 bits per heavy atom. The largest absolute Gasteiger partial charge is 0.481 e. The molecule has 0 heterocycles. The maximum Gasteiger partial charge on any atom is 0.306 e. The first-order valence-corrected chi connectivity index (χ1v) is 5.30. The lowest BCUT2D eigenvalue weighted by Gasteiger charge is -2.06. The summed E-state index contributed by atoms with van der Waals surface area (Å²) in [6.45, 7) is 2.11. The van der Waals surface area contributed by atoms with Gasteiger partial charge < -0.3 is 10.2 Å². The van der Waals surface area contributed by atoms with E-state index >= 15 is 0 Å². The van der Waals surface area contributed by atoms with Gasteiger partial charge in [0.15, 0.2) is 0 Å². The van der Waals surface area contributed by atoms with Gasteiger partial charge in [-0.05, 0) is 12.2 Å². The van der Waals surface area contributed by atoms with Crippen LogP contribution in [0.4, 0.5) is 0 Å². The molecule has 1 atom stereocenters. The average molecular weight is 192 g/mol. The molecular weight excluding hydrogens is 176 g/mol. The molecule has 0 radical (unpaired) electrons. The maximum atomic E-state index is 10.1. The molecule has 0 aromatic carbocycles. The van der Waals surface area contributed by atoms with Gasteiger partial charge in [-0.1, -0.05) is 13.3 Å². The minimum atomic E-state index is -0.932. The molecule has 0 aliphatic heterocycles. The highest BCUT2D eigenvalue weighted by molar-refractivity contribution is 7.99. The monoisotopic (exact) mass is 192 g/mol. The predicted molar refractivity (Wildman–Crippen MR) is 50.5 cm³/mol. The third-order valence-electron chi connectivity index (χ3n) is 1.36. The Morgan fingerprint density at radius 3 is 2.75 bits per heavy atom. The summed E-state index contributed by atoms with van der Waals surface area (Å²) < 4.78 is 0. The SMILES string of the molecule is CCCCSCC(O)CC(=O)O. The molecule has 0 bridgehead atoms. The normalized spacial score (nSPS) is 12.8. The van der Waals surface area contributed by atoms with E-state index in [4.69, 9.17) is 10.2 Å². The Kier molecular flexibility index (Phi) is 7.29. The van der Waals surface area contributed by atoms with Crippen molar-refractivity contribution in [2.45, 2.75) is 32.3 Å². The van der Waals surface area contributed by atoms with E-state index in [1.807, 2.05) is 0 Å². The smallest absolute Gasteiger partial charge is 0.306 e. The van der Waals surface area contributed by atoms with E-state index in [1.54, 1.807) is 11.8 Å². The van der Waals surface area contributed by atoms with Crippen LogP contribution >= 0.6 is 11.8 Å². The van der Waals surface area contributed by atoms with Crippen LogP contribution in [0.15, 0.2) is 0 Å². The average Bonchev–Trinajstić information content (AvgIpc) is 1.97. The molecule has 1 unspecified atom stereocenters. The second kappa shape index (κ2) is 7.43. The zero-order valence-electron chi connectivity index (χ0n) is 7.32. The molecule has 0 saturated carbocycles. The number of thioether (sulfide) groups is 1. The number of carbonyl (C=O) groups is 1. The lowest BCUT2D eigenvalue weighted by molar-refractivity contribution is -0.138. The number of rotatable bonds is 7. The first-order valence-electron chi connectivity index (χ1n) is 4.14. The lowest BCUT2D eigenvalue weighted by Crippen LogP contribution is -2.15. The number of unbranched alkanes of at least 4 members (excludes halogenated alkanes) is 1. The zero-order chi connectivity index (χ0) is 9.40. The molecule has 0 aliphatic rings. The van der Waals surface area contributed by atoms with Gasteiger partial charge in [0.1, 0.15) is 0 Å². The molecular formula is C8H16O3S. The van der Waals surface area contributed by atoms with Crippen LogP contribution in [0.25, 0.3) is 0 Å². The summed E-state index contributed by atoms with van der Waals surface area (Å²) in [6.07, 6.45) is 1.44. The molecule has 0 saturated heterocycles. The molecule has 72 valence electrons. The number of carboxylic acids is 1. The van der Waals surface area contributed by atoms with Gasteiger partial charge in [0.05, 0.1) is 12.5 Å². The van der Waals surface area contributed by atoms with E-state index in [9.17, 15) is 4.79 Å². The fourth-order valence-corrected chi connectivity index (χ4v) is 1.78. The summed E-state index contributed by atoms with van der Waals surface area (Å²) >= 11 is 1.61.